The minimum Gasteiger partial charge on any atom is -0.404 e. The Bertz CT molecular complexity index is 769. The van der Waals surface area contributed by atoms with Crippen molar-refractivity contribution in [1.29, 1.82) is 0 Å². The molecule has 0 bridgehead atoms. The highest BCUT2D eigenvalue weighted by atomic mass is 79.9. The number of unbranched alkanes of at least 4 members (excludes halogenated alkanes) is 1. The number of amides is 1. The van der Waals surface area contributed by atoms with Crippen LogP contribution < -0.4 is 11.1 Å². The molecule has 1 amide bonds. The lowest BCUT2D eigenvalue weighted by molar-refractivity contribution is -0.117. The predicted octanol–water partition coefficient (Wildman–Crippen LogP) is 4.78. The van der Waals surface area contributed by atoms with Gasteiger partial charge in [-0.1, -0.05) is 56.3 Å². The highest BCUT2D eigenvalue weighted by Gasteiger charge is 2.18. The molecule has 0 saturated carbocycles. The molecule has 1 aromatic heterocycles. The van der Waals surface area contributed by atoms with Crippen LogP contribution in [0.5, 0.6) is 0 Å². The van der Waals surface area contributed by atoms with E-state index in [0.29, 0.717) is 8.72 Å². The number of hydrogen-bond donors (Lipinski definition) is 3. The Labute approximate surface area is 161 Å². The first-order chi connectivity index (χ1) is 12.0. The molecule has 0 spiro atoms. The summed E-state index contributed by atoms with van der Waals surface area (Å²) in [5.41, 5.74) is 7.93. The van der Waals surface area contributed by atoms with Gasteiger partial charge in [0.1, 0.15) is 0 Å². The SMILES string of the molecule is C=C(Br)S/C(=C\N)C(=O)NC(CCCC)Cc1c[nH]c2ccccc12. The number of aromatic amines is 1. The van der Waals surface area contributed by atoms with Crippen molar-refractivity contribution in [3.63, 3.8) is 0 Å². The van der Waals surface area contributed by atoms with Crippen molar-refractivity contribution in [2.45, 2.75) is 38.6 Å². The molecular formula is C19H24BrN3OS. The zero-order chi connectivity index (χ0) is 18.2. The van der Waals surface area contributed by atoms with Crippen LogP contribution in [0.2, 0.25) is 0 Å². The van der Waals surface area contributed by atoms with E-state index in [1.54, 1.807) is 0 Å². The molecule has 0 aliphatic heterocycles. The van der Waals surface area contributed by atoms with Gasteiger partial charge in [0.25, 0.3) is 5.91 Å². The fraction of sp³-hybridized carbons (Fsp3) is 0.316. The van der Waals surface area contributed by atoms with Crippen LogP contribution in [0, 0.1) is 0 Å². The number of aromatic nitrogens is 1. The second kappa shape index (κ2) is 9.73. The first kappa shape index (κ1) is 19.7. The monoisotopic (exact) mass is 421 g/mol. The van der Waals surface area contributed by atoms with Gasteiger partial charge < -0.3 is 16.0 Å². The van der Waals surface area contributed by atoms with Crippen LogP contribution in [-0.4, -0.2) is 16.9 Å². The van der Waals surface area contributed by atoms with Crippen molar-refractivity contribution >= 4 is 44.5 Å². The third-order valence-electron chi connectivity index (χ3n) is 3.98. The maximum atomic E-state index is 12.5. The summed E-state index contributed by atoms with van der Waals surface area (Å²) in [6.07, 6.45) is 7.23. The van der Waals surface area contributed by atoms with Gasteiger partial charge in [0.2, 0.25) is 0 Å². The van der Waals surface area contributed by atoms with Crippen molar-refractivity contribution in [1.82, 2.24) is 10.3 Å². The van der Waals surface area contributed by atoms with Gasteiger partial charge in [-0.05, 0) is 40.4 Å². The topological polar surface area (TPSA) is 70.9 Å². The summed E-state index contributed by atoms with van der Waals surface area (Å²) in [6, 6.07) is 8.28. The average molecular weight is 422 g/mol. The molecule has 0 radical (unpaired) electrons. The Kier molecular flexibility index (Phi) is 7.65. The summed E-state index contributed by atoms with van der Waals surface area (Å²) in [4.78, 5) is 16.3. The predicted molar refractivity (Wildman–Crippen MR) is 111 cm³/mol. The molecule has 0 fully saturated rings. The number of nitrogens with two attached hydrogens (primary N) is 1. The van der Waals surface area contributed by atoms with E-state index in [0.717, 1.165) is 31.2 Å². The zero-order valence-electron chi connectivity index (χ0n) is 14.3. The molecule has 6 heteroatoms. The lowest BCUT2D eigenvalue weighted by atomic mass is 10.0. The number of nitrogens with one attached hydrogen (secondary N) is 2. The first-order valence-corrected chi connectivity index (χ1v) is 9.96. The summed E-state index contributed by atoms with van der Waals surface area (Å²) < 4.78 is 0.654. The number of H-pyrrole nitrogens is 1. The molecule has 25 heavy (non-hydrogen) atoms. The van der Waals surface area contributed by atoms with Crippen molar-refractivity contribution in [3.8, 4) is 0 Å². The Hall–Kier alpha value is -1.66. The van der Waals surface area contributed by atoms with E-state index < -0.39 is 0 Å². The molecule has 1 atom stereocenters. The molecular weight excluding hydrogens is 398 g/mol. The largest absolute Gasteiger partial charge is 0.404 e. The standard InChI is InChI=1S/C19H24BrN3OS/c1-3-4-7-15(23-19(24)18(11-21)25-13(2)20)10-14-12-22-17-9-6-5-8-16(14)17/h5-6,8-9,11-12,15,22H,2-4,7,10,21H2,1H3,(H,23,24)/b18-11-. The smallest absolute Gasteiger partial charge is 0.259 e. The highest BCUT2D eigenvalue weighted by molar-refractivity contribution is 9.14. The van der Waals surface area contributed by atoms with Crippen molar-refractivity contribution in [2.24, 2.45) is 5.73 Å². The van der Waals surface area contributed by atoms with Crippen LogP contribution in [0.1, 0.15) is 31.7 Å². The lowest BCUT2D eigenvalue weighted by Crippen LogP contribution is -2.37. The fourth-order valence-electron chi connectivity index (χ4n) is 2.77. The second-order valence-corrected chi connectivity index (χ2v) is 8.48. The van der Waals surface area contributed by atoms with Gasteiger partial charge in [-0.3, -0.25) is 4.79 Å². The number of fused-ring (bicyclic) bond motifs is 1. The van der Waals surface area contributed by atoms with Crippen LogP contribution in [0.4, 0.5) is 0 Å². The number of thioether (sulfide) groups is 1. The van der Waals surface area contributed by atoms with Gasteiger partial charge >= 0.3 is 0 Å². The number of para-hydroxylation sites is 1. The van der Waals surface area contributed by atoms with E-state index in [9.17, 15) is 4.79 Å². The van der Waals surface area contributed by atoms with Crippen LogP contribution in [0.3, 0.4) is 0 Å². The Morgan fingerprint density at radius 3 is 2.92 bits per heavy atom. The minimum absolute atomic E-state index is 0.0609. The van der Waals surface area contributed by atoms with E-state index in [1.165, 1.54) is 28.9 Å². The minimum atomic E-state index is -0.158. The third-order valence-corrected chi connectivity index (χ3v) is 5.23. The number of rotatable bonds is 9. The zero-order valence-corrected chi connectivity index (χ0v) is 16.8. The van der Waals surface area contributed by atoms with E-state index in [2.05, 4.69) is 51.9 Å². The van der Waals surface area contributed by atoms with Gasteiger partial charge in [0.15, 0.2) is 0 Å². The number of hydrogen-bond acceptors (Lipinski definition) is 3. The molecule has 1 heterocycles. The summed E-state index contributed by atoms with van der Waals surface area (Å²) >= 11 is 4.48. The van der Waals surface area contributed by atoms with Gasteiger partial charge in [-0.2, -0.15) is 0 Å². The normalized spacial score (nSPS) is 13.0. The number of carbonyl (C=O) groups is 1. The number of carbonyl (C=O) groups excluding carboxylic acids is 1. The summed E-state index contributed by atoms with van der Waals surface area (Å²) in [6.45, 7) is 5.90. The summed E-state index contributed by atoms with van der Waals surface area (Å²) in [5, 5.41) is 4.33. The van der Waals surface area contributed by atoms with Gasteiger partial charge in [0.05, 0.1) is 4.91 Å². The molecule has 4 nitrogen and oxygen atoms in total. The van der Waals surface area contributed by atoms with E-state index in [-0.39, 0.29) is 11.9 Å². The Morgan fingerprint density at radius 1 is 1.48 bits per heavy atom. The molecule has 4 N–H and O–H groups in total. The van der Waals surface area contributed by atoms with Crippen LogP contribution >= 0.6 is 27.7 Å². The Morgan fingerprint density at radius 2 is 2.24 bits per heavy atom. The molecule has 2 rings (SSSR count). The second-order valence-electron chi connectivity index (χ2n) is 5.86. The maximum absolute atomic E-state index is 12.5. The highest BCUT2D eigenvalue weighted by Crippen LogP contribution is 2.28. The lowest BCUT2D eigenvalue weighted by Gasteiger charge is -2.19. The molecule has 2 aromatic rings. The number of halogens is 1. The van der Waals surface area contributed by atoms with Crippen LogP contribution in [-0.2, 0) is 11.2 Å². The van der Waals surface area contributed by atoms with Crippen LogP contribution in [0.15, 0.2) is 52.0 Å². The molecule has 1 aromatic carbocycles. The maximum Gasteiger partial charge on any atom is 0.259 e. The van der Waals surface area contributed by atoms with Crippen molar-refractivity contribution < 1.29 is 4.79 Å². The average Bonchev–Trinajstić information content (AvgIpc) is 3.00. The molecule has 1 unspecified atom stereocenters. The van der Waals surface area contributed by atoms with Gasteiger partial charge in [-0.25, -0.2) is 0 Å². The molecule has 134 valence electrons. The van der Waals surface area contributed by atoms with E-state index in [1.807, 2.05) is 18.3 Å². The first-order valence-electron chi connectivity index (χ1n) is 8.35. The Balaban J connectivity index is 2.13. The van der Waals surface area contributed by atoms with E-state index >= 15 is 0 Å². The summed E-state index contributed by atoms with van der Waals surface area (Å²) in [7, 11) is 0. The third kappa shape index (κ3) is 5.68. The van der Waals surface area contributed by atoms with Gasteiger partial charge in [-0.15, -0.1) is 0 Å². The molecule has 0 aliphatic carbocycles. The van der Waals surface area contributed by atoms with E-state index in [4.69, 9.17) is 5.73 Å². The number of benzene rings is 1. The quantitative estimate of drug-likeness (QED) is 0.509. The van der Waals surface area contributed by atoms with Crippen molar-refractivity contribution in [2.75, 3.05) is 0 Å². The molecule has 0 saturated heterocycles. The fourth-order valence-corrected chi connectivity index (χ4v) is 3.76. The summed E-state index contributed by atoms with van der Waals surface area (Å²) in [5.74, 6) is -0.158. The van der Waals surface area contributed by atoms with Crippen LogP contribution in [0.25, 0.3) is 10.9 Å². The van der Waals surface area contributed by atoms with Crippen molar-refractivity contribution in [3.05, 3.63) is 57.5 Å². The molecule has 0 aliphatic rings. The van der Waals surface area contributed by atoms with Gasteiger partial charge in [0, 0.05) is 33.2 Å².